The van der Waals surface area contributed by atoms with Crippen LogP contribution in [-0.2, 0) is 11.2 Å². The number of methoxy groups -OCH3 is 2. The maximum absolute atomic E-state index is 13.1. The van der Waals surface area contributed by atoms with Crippen LogP contribution in [0.2, 0.25) is 0 Å². The highest BCUT2D eigenvalue weighted by molar-refractivity contribution is 5.97. The number of carbonyl (C=O) groups excluding carboxylic acids is 1. The van der Waals surface area contributed by atoms with Crippen LogP contribution < -0.4 is 20.5 Å². The average Bonchev–Trinajstić information content (AvgIpc) is 3.57. The van der Waals surface area contributed by atoms with Gasteiger partial charge in [0, 0.05) is 11.1 Å². The molecule has 38 heavy (non-hydrogen) atoms. The number of aryl methyl sites for hydroxylation is 1. The summed E-state index contributed by atoms with van der Waals surface area (Å²) in [4.78, 5) is 13.1. The summed E-state index contributed by atoms with van der Waals surface area (Å²) in [5.41, 5.74) is 15.1. The van der Waals surface area contributed by atoms with E-state index in [0.717, 1.165) is 45.6 Å². The molecule has 4 aromatic rings. The Kier molecular flexibility index (Phi) is 7.03. The van der Waals surface area contributed by atoms with Crippen LogP contribution in [0, 0.1) is 13.8 Å². The highest BCUT2D eigenvalue weighted by atomic mass is 16.5. The Labute approximate surface area is 222 Å². The molecule has 3 N–H and O–H groups in total. The van der Waals surface area contributed by atoms with Crippen molar-refractivity contribution < 1.29 is 18.8 Å². The minimum atomic E-state index is -0.696. The maximum atomic E-state index is 13.1. The lowest BCUT2D eigenvalue weighted by Gasteiger charge is -2.16. The summed E-state index contributed by atoms with van der Waals surface area (Å²) < 4.78 is 16.7. The van der Waals surface area contributed by atoms with Crippen molar-refractivity contribution in [1.29, 1.82) is 0 Å². The van der Waals surface area contributed by atoms with E-state index in [4.69, 9.17) is 19.7 Å². The Morgan fingerprint density at radius 3 is 2.61 bits per heavy atom. The SMILES string of the molecule is COc1ccc(-c2cnoc2-c2cc(C)c(C)c(OC)c2)cc1NC(=O)C(N)CC1=Cc2ccccc2C1. The molecule has 1 atom stereocenters. The van der Waals surface area contributed by atoms with Crippen molar-refractivity contribution in [3.63, 3.8) is 0 Å². The molecular formula is C31H31N3O4. The second-order valence-corrected chi connectivity index (χ2v) is 9.58. The standard InChI is InChI=1S/C31H31N3O4/c1-18-11-24(16-29(37-4)19(18)2)30-25(17-33-38-30)23-9-10-28(36-3)27(15-23)34-31(35)26(32)14-20-12-21-7-5-6-8-22(21)13-20/h5-12,15-17,26H,13-14,32H2,1-4H3,(H,34,35). The number of rotatable bonds is 8. The lowest BCUT2D eigenvalue weighted by atomic mass is 9.98. The molecule has 7 nitrogen and oxygen atoms in total. The van der Waals surface area contributed by atoms with Gasteiger partial charge in [0.25, 0.3) is 0 Å². The van der Waals surface area contributed by atoms with E-state index >= 15 is 0 Å². The number of ether oxygens (including phenoxy) is 2. The fraction of sp³-hybridized carbons (Fsp3) is 0.226. The monoisotopic (exact) mass is 509 g/mol. The third-order valence-electron chi connectivity index (χ3n) is 7.09. The molecular weight excluding hydrogens is 478 g/mol. The molecule has 0 saturated carbocycles. The third kappa shape index (κ3) is 4.93. The maximum Gasteiger partial charge on any atom is 0.241 e. The van der Waals surface area contributed by atoms with Gasteiger partial charge in [-0.15, -0.1) is 0 Å². The van der Waals surface area contributed by atoms with Crippen molar-refractivity contribution in [2.75, 3.05) is 19.5 Å². The van der Waals surface area contributed by atoms with E-state index in [9.17, 15) is 4.79 Å². The van der Waals surface area contributed by atoms with Crippen LogP contribution in [0.1, 0.15) is 28.7 Å². The Hall–Kier alpha value is -4.36. The molecule has 3 aromatic carbocycles. The molecule has 1 amide bonds. The highest BCUT2D eigenvalue weighted by Gasteiger charge is 2.22. The number of carbonyl (C=O) groups is 1. The van der Waals surface area contributed by atoms with Crippen LogP contribution in [-0.4, -0.2) is 31.3 Å². The normalized spacial score (nSPS) is 13.0. The Bertz CT molecular complexity index is 1540. The number of fused-ring (bicyclic) bond motifs is 1. The molecule has 7 heteroatoms. The van der Waals surface area contributed by atoms with Gasteiger partial charge in [0.05, 0.1) is 32.1 Å². The van der Waals surface area contributed by atoms with Gasteiger partial charge in [-0.05, 0) is 78.8 Å². The predicted octanol–water partition coefficient (Wildman–Crippen LogP) is 5.94. The van der Waals surface area contributed by atoms with Crippen molar-refractivity contribution in [3.8, 4) is 33.9 Å². The van der Waals surface area contributed by atoms with Gasteiger partial charge in [0.15, 0.2) is 5.76 Å². The number of nitrogens with one attached hydrogen (secondary N) is 1. The summed E-state index contributed by atoms with van der Waals surface area (Å²) in [6.45, 7) is 4.05. The van der Waals surface area contributed by atoms with Gasteiger partial charge in [-0.25, -0.2) is 0 Å². The zero-order chi connectivity index (χ0) is 26.8. The molecule has 1 aliphatic rings. The molecule has 0 radical (unpaired) electrons. The first-order chi connectivity index (χ1) is 18.4. The quantitative estimate of drug-likeness (QED) is 0.305. The summed E-state index contributed by atoms with van der Waals surface area (Å²) in [5, 5.41) is 7.02. The van der Waals surface area contributed by atoms with Crippen LogP contribution in [0.3, 0.4) is 0 Å². The molecule has 1 aromatic heterocycles. The summed E-state index contributed by atoms with van der Waals surface area (Å²) in [6.07, 6.45) is 5.09. The Morgan fingerprint density at radius 1 is 1.05 bits per heavy atom. The van der Waals surface area contributed by atoms with Crippen molar-refractivity contribution in [2.45, 2.75) is 32.7 Å². The first-order valence-electron chi connectivity index (χ1n) is 12.5. The number of hydrogen-bond donors (Lipinski definition) is 2. The van der Waals surface area contributed by atoms with Crippen LogP contribution >= 0.6 is 0 Å². The zero-order valence-electron chi connectivity index (χ0n) is 22.0. The minimum absolute atomic E-state index is 0.276. The third-order valence-corrected chi connectivity index (χ3v) is 7.09. The van der Waals surface area contributed by atoms with Gasteiger partial charge < -0.3 is 25.0 Å². The first-order valence-corrected chi connectivity index (χ1v) is 12.5. The molecule has 0 fully saturated rings. The zero-order valence-corrected chi connectivity index (χ0v) is 22.0. The number of amides is 1. The predicted molar refractivity (Wildman–Crippen MR) is 149 cm³/mol. The van der Waals surface area contributed by atoms with Crippen LogP contribution in [0.4, 0.5) is 5.69 Å². The van der Waals surface area contributed by atoms with Crippen LogP contribution in [0.15, 0.2) is 70.9 Å². The summed E-state index contributed by atoms with van der Waals surface area (Å²) in [7, 11) is 3.22. The molecule has 0 bridgehead atoms. The van der Waals surface area contributed by atoms with Crippen LogP contribution in [0.5, 0.6) is 11.5 Å². The first kappa shape index (κ1) is 25.3. The molecule has 194 valence electrons. The number of nitrogens with zero attached hydrogens (tertiary/aromatic N) is 1. The topological polar surface area (TPSA) is 99.6 Å². The molecule has 0 saturated heterocycles. The Morgan fingerprint density at radius 2 is 1.84 bits per heavy atom. The number of aromatic nitrogens is 1. The van der Waals surface area contributed by atoms with Gasteiger partial charge in [0.1, 0.15) is 11.5 Å². The lowest BCUT2D eigenvalue weighted by molar-refractivity contribution is -0.117. The Balaban J connectivity index is 1.38. The van der Waals surface area contributed by atoms with Crippen molar-refractivity contribution in [1.82, 2.24) is 5.16 Å². The lowest BCUT2D eigenvalue weighted by Crippen LogP contribution is -2.36. The summed E-state index contributed by atoms with van der Waals surface area (Å²) in [5.74, 6) is 1.65. The molecule has 0 aliphatic heterocycles. The molecule has 1 unspecified atom stereocenters. The molecule has 5 rings (SSSR count). The van der Waals surface area contributed by atoms with Crippen LogP contribution in [0.25, 0.3) is 28.5 Å². The van der Waals surface area contributed by atoms with E-state index in [1.165, 1.54) is 11.1 Å². The molecule has 1 aliphatic carbocycles. The van der Waals surface area contributed by atoms with Crippen molar-refractivity contribution in [3.05, 3.63) is 88.6 Å². The van der Waals surface area contributed by atoms with Gasteiger partial charge >= 0.3 is 0 Å². The van der Waals surface area contributed by atoms with Crippen molar-refractivity contribution in [2.24, 2.45) is 5.73 Å². The smallest absolute Gasteiger partial charge is 0.241 e. The number of benzene rings is 3. The van der Waals surface area contributed by atoms with E-state index < -0.39 is 6.04 Å². The number of anilines is 1. The van der Waals surface area contributed by atoms with Gasteiger partial charge in [-0.2, -0.15) is 0 Å². The summed E-state index contributed by atoms with van der Waals surface area (Å²) >= 11 is 0. The largest absolute Gasteiger partial charge is 0.496 e. The van der Waals surface area contributed by atoms with Gasteiger partial charge in [-0.3, -0.25) is 4.79 Å². The number of nitrogens with two attached hydrogens (primary N) is 1. The summed E-state index contributed by atoms with van der Waals surface area (Å²) in [6, 6.07) is 17.1. The van der Waals surface area contributed by atoms with E-state index in [-0.39, 0.29) is 5.91 Å². The highest BCUT2D eigenvalue weighted by Crippen LogP contribution is 2.38. The minimum Gasteiger partial charge on any atom is -0.496 e. The molecule has 1 heterocycles. The van der Waals surface area contributed by atoms with E-state index in [0.29, 0.717) is 23.6 Å². The molecule has 0 spiro atoms. The van der Waals surface area contributed by atoms with Crippen molar-refractivity contribution >= 4 is 17.7 Å². The fourth-order valence-electron chi connectivity index (χ4n) is 4.88. The van der Waals surface area contributed by atoms with E-state index in [1.54, 1.807) is 20.4 Å². The number of hydrogen-bond acceptors (Lipinski definition) is 6. The van der Waals surface area contributed by atoms with Gasteiger partial charge in [-0.1, -0.05) is 47.1 Å². The van der Waals surface area contributed by atoms with E-state index in [2.05, 4.69) is 28.7 Å². The fourth-order valence-corrected chi connectivity index (χ4v) is 4.88. The second kappa shape index (κ2) is 10.6. The second-order valence-electron chi connectivity index (χ2n) is 9.58. The van der Waals surface area contributed by atoms with Gasteiger partial charge in [0.2, 0.25) is 5.91 Å². The van der Waals surface area contributed by atoms with E-state index in [1.807, 2.05) is 56.3 Å². The average molecular weight is 510 g/mol.